The Morgan fingerprint density at radius 2 is 1.37 bits per heavy atom. The molecule has 6 nitrogen and oxygen atoms in total. The standard InChI is InChI=1S/C24H17N3O3/c1-15-8-2-7-13-20(15)27-21(25-19-12-6-5-11-18(19)24(27)30)14-26-22(28)16-9-3-4-10-17(16)23(26)29/h2-13H,14H2,1H3. The van der Waals surface area contributed by atoms with Gasteiger partial charge >= 0.3 is 0 Å². The van der Waals surface area contributed by atoms with Crippen LogP contribution in [0.1, 0.15) is 32.1 Å². The summed E-state index contributed by atoms with van der Waals surface area (Å²) in [6.45, 7) is 1.81. The highest BCUT2D eigenvalue weighted by Crippen LogP contribution is 2.25. The van der Waals surface area contributed by atoms with Gasteiger partial charge in [0.05, 0.1) is 34.3 Å². The Bertz CT molecular complexity index is 1370. The number of benzene rings is 3. The molecule has 1 aromatic heterocycles. The summed E-state index contributed by atoms with van der Waals surface area (Å²) in [6, 6.07) is 21.3. The number of aromatic nitrogens is 2. The average Bonchev–Trinajstić information content (AvgIpc) is 3.00. The first kappa shape index (κ1) is 18.0. The molecular weight excluding hydrogens is 378 g/mol. The van der Waals surface area contributed by atoms with Gasteiger partial charge in [0, 0.05) is 0 Å². The molecule has 0 atom stereocenters. The number of amides is 2. The Morgan fingerprint density at radius 3 is 2.07 bits per heavy atom. The third-order valence-electron chi connectivity index (χ3n) is 5.38. The lowest BCUT2D eigenvalue weighted by atomic mass is 10.1. The second kappa shape index (κ2) is 6.77. The van der Waals surface area contributed by atoms with E-state index >= 15 is 0 Å². The van der Waals surface area contributed by atoms with E-state index in [0.29, 0.717) is 33.5 Å². The molecule has 5 rings (SSSR count). The fraction of sp³-hybridized carbons (Fsp3) is 0.0833. The van der Waals surface area contributed by atoms with Gasteiger partial charge in [-0.15, -0.1) is 0 Å². The summed E-state index contributed by atoms with van der Waals surface area (Å²) in [4.78, 5) is 44.9. The summed E-state index contributed by atoms with van der Waals surface area (Å²) in [5, 5.41) is 0.479. The number of para-hydroxylation sites is 2. The molecule has 30 heavy (non-hydrogen) atoms. The number of carbonyl (C=O) groups excluding carboxylic acids is 2. The lowest BCUT2D eigenvalue weighted by Gasteiger charge is -2.19. The van der Waals surface area contributed by atoms with Gasteiger partial charge in [0.25, 0.3) is 17.4 Å². The molecule has 0 bridgehead atoms. The highest BCUT2D eigenvalue weighted by atomic mass is 16.2. The van der Waals surface area contributed by atoms with E-state index in [1.54, 1.807) is 48.5 Å². The van der Waals surface area contributed by atoms with Crippen molar-refractivity contribution < 1.29 is 9.59 Å². The van der Waals surface area contributed by atoms with E-state index < -0.39 is 0 Å². The van der Waals surface area contributed by atoms with Gasteiger partial charge in [0.15, 0.2) is 0 Å². The van der Waals surface area contributed by atoms with Crippen LogP contribution < -0.4 is 5.56 Å². The van der Waals surface area contributed by atoms with Crippen LogP contribution in [0, 0.1) is 6.92 Å². The number of imide groups is 1. The first-order valence-corrected chi connectivity index (χ1v) is 9.58. The number of aryl methyl sites for hydroxylation is 1. The van der Waals surface area contributed by atoms with Crippen molar-refractivity contribution in [3.63, 3.8) is 0 Å². The molecule has 1 aliphatic rings. The van der Waals surface area contributed by atoms with Crippen molar-refractivity contribution in [3.8, 4) is 5.69 Å². The van der Waals surface area contributed by atoms with Crippen molar-refractivity contribution in [2.24, 2.45) is 0 Å². The Balaban J connectivity index is 1.71. The second-order valence-corrected chi connectivity index (χ2v) is 7.21. The molecule has 0 spiro atoms. The maximum Gasteiger partial charge on any atom is 0.266 e. The van der Waals surface area contributed by atoms with Crippen molar-refractivity contribution in [3.05, 3.63) is 106 Å². The van der Waals surface area contributed by atoms with Crippen LogP contribution in [-0.4, -0.2) is 26.3 Å². The zero-order chi connectivity index (χ0) is 20.8. The van der Waals surface area contributed by atoms with E-state index in [1.807, 2.05) is 31.2 Å². The molecule has 0 saturated heterocycles. The molecule has 6 heteroatoms. The number of hydrogen-bond donors (Lipinski definition) is 0. The van der Waals surface area contributed by atoms with Crippen LogP contribution in [0.15, 0.2) is 77.6 Å². The van der Waals surface area contributed by atoms with Crippen LogP contribution >= 0.6 is 0 Å². The van der Waals surface area contributed by atoms with Crippen LogP contribution in [0.3, 0.4) is 0 Å². The summed E-state index contributed by atoms with van der Waals surface area (Å²) in [5.41, 5.74) is 2.59. The first-order valence-electron chi connectivity index (χ1n) is 9.58. The Morgan fingerprint density at radius 1 is 0.767 bits per heavy atom. The van der Waals surface area contributed by atoms with Gasteiger partial charge < -0.3 is 0 Å². The van der Waals surface area contributed by atoms with E-state index in [9.17, 15) is 14.4 Å². The highest BCUT2D eigenvalue weighted by molar-refractivity contribution is 6.21. The SMILES string of the molecule is Cc1ccccc1-n1c(CN2C(=O)c3ccccc3C2=O)nc2ccccc2c1=O. The van der Waals surface area contributed by atoms with Gasteiger partial charge in [-0.3, -0.25) is 23.9 Å². The molecule has 1 aliphatic heterocycles. The maximum absolute atomic E-state index is 13.4. The average molecular weight is 395 g/mol. The third kappa shape index (κ3) is 2.65. The summed E-state index contributed by atoms with van der Waals surface area (Å²) in [5.74, 6) is -0.425. The van der Waals surface area contributed by atoms with Crippen LogP contribution in [0.25, 0.3) is 16.6 Å². The van der Waals surface area contributed by atoms with Crippen molar-refractivity contribution in [1.82, 2.24) is 14.5 Å². The van der Waals surface area contributed by atoms with E-state index in [-0.39, 0.29) is 23.9 Å². The van der Waals surface area contributed by atoms with Gasteiger partial charge in [0.2, 0.25) is 0 Å². The summed E-state index contributed by atoms with van der Waals surface area (Å²) < 4.78 is 1.50. The summed E-state index contributed by atoms with van der Waals surface area (Å²) in [6.07, 6.45) is 0. The summed E-state index contributed by atoms with van der Waals surface area (Å²) >= 11 is 0. The van der Waals surface area contributed by atoms with Gasteiger partial charge in [-0.25, -0.2) is 4.98 Å². The molecule has 0 radical (unpaired) electrons. The third-order valence-corrected chi connectivity index (χ3v) is 5.38. The minimum Gasteiger partial charge on any atom is -0.269 e. The number of rotatable bonds is 3. The molecule has 0 N–H and O–H groups in total. The predicted molar refractivity (Wildman–Crippen MR) is 113 cm³/mol. The van der Waals surface area contributed by atoms with Gasteiger partial charge in [0.1, 0.15) is 5.82 Å². The quantitative estimate of drug-likeness (QED) is 0.498. The minimum absolute atomic E-state index is 0.0965. The smallest absolute Gasteiger partial charge is 0.266 e. The zero-order valence-corrected chi connectivity index (χ0v) is 16.2. The Kier molecular flexibility index (Phi) is 4.06. The van der Waals surface area contributed by atoms with Crippen molar-refractivity contribution in [1.29, 1.82) is 0 Å². The van der Waals surface area contributed by atoms with E-state index in [2.05, 4.69) is 4.98 Å². The van der Waals surface area contributed by atoms with E-state index in [0.717, 1.165) is 10.5 Å². The lowest BCUT2D eigenvalue weighted by molar-refractivity contribution is 0.0637. The number of nitrogens with zero attached hydrogens (tertiary/aromatic N) is 3. The molecule has 4 aromatic rings. The predicted octanol–water partition coefficient (Wildman–Crippen LogP) is 3.49. The van der Waals surface area contributed by atoms with Gasteiger partial charge in [-0.05, 0) is 42.8 Å². The maximum atomic E-state index is 13.4. The minimum atomic E-state index is -0.380. The van der Waals surface area contributed by atoms with Crippen LogP contribution in [-0.2, 0) is 6.54 Å². The second-order valence-electron chi connectivity index (χ2n) is 7.21. The fourth-order valence-corrected chi connectivity index (χ4v) is 3.87. The molecule has 0 unspecified atom stereocenters. The first-order chi connectivity index (χ1) is 14.6. The molecule has 0 saturated carbocycles. The molecule has 2 amide bonds. The van der Waals surface area contributed by atoms with Crippen molar-refractivity contribution in [2.45, 2.75) is 13.5 Å². The molecule has 2 heterocycles. The molecule has 146 valence electrons. The molecule has 0 aliphatic carbocycles. The summed E-state index contributed by atoms with van der Waals surface area (Å²) in [7, 11) is 0. The van der Waals surface area contributed by atoms with Gasteiger partial charge in [-0.1, -0.05) is 42.5 Å². The zero-order valence-electron chi connectivity index (χ0n) is 16.2. The van der Waals surface area contributed by atoms with Crippen molar-refractivity contribution >= 4 is 22.7 Å². The van der Waals surface area contributed by atoms with E-state index in [1.165, 1.54) is 4.57 Å². The van der Waals surface area contributed by atoms with Gasteiger partial charge in [-0.2, -0.15) is 0 Å². The van der Waals surface area contributed by atoms with Crippen molar-refractivity contribution in [2.75, 3.05) is 0 Å². The van der Waals surface area contributed by atoms with Crippen LogP contribution in [0.4, 0.5) is 0 Å². The highest BCUT2D eigenvalue weighted by Gasteiger charge is 2.36. The van der Waals surface area contributed by atoms with Crippen LogP contribution in [0.2, 0.25) is 0 Å². The molecule has 0 fully saturated rings. The largest absolute Gasteiger partial charge is 0.269 e. The fourth-order valence-electron chi connectivity index (χ4n) is 3.87. The Hall–Kier alpha value is -4.06. The number of hydrogen-bond acceptors (Lipinski definition) is 4. The van der Waals surface area contributed by atoms with Crippen LogP contribution in [0.5, 0.6) is 0 Å². The van der Waals surface area contributed by atoms with E-state index in [4.69, 9.17) is 0 Å². The topological polar surface area (TPSA) is 72.3 Å². The number of fused-ring (bicyclic) bond motifs is 2. The molecular formula is C24H17N3O3. The monoisotopic (exact) mass is 395 g/mol. The lowest BCUT2D eigenvalue weighted by Crippen LogP contribution is -2.34. The molecule has 3 aromatic carbocycles. The normalized spacial score (nSPS) is 13.2. The Labute approximate surface area is 172 Å². The number of carbonyl (C=O) groups is 2.